The predicted octanol–water partition coefficient (Wildman–Crippen LogP) is 0.592. The van der Waals surface area contributed by atoms with E-state index in [-0.39, 0.29) is 24.9 Å². The van der Waals surface area contributed by atoms with Crippen LogP contribution in [0.15, 0.2) is 0 Å². The summed E-state index contributed by atoms with van der Waals surface area (Å²) in [6.07, 6.45) is 0.483. The van der Waals surface area contributed by atoms with Crippen LogP contribution in [0.5, 0.6) is 0 Å². The highest BCUT2D eigenvalue weighted by Gasteiger charge is 2.36. The molecule has 3 heteroatoms. The molecule has 3 nitrogen and oxygen atoms in total. The van der Waals surface area contributed by atoms with E-state index in [9.17, 15) is 4.79 Å². The third-order valence-electron chi connectivity index (χ3n) is 2.33. The maximum Gasteiger partial charge on any atom is 0.146 e. The fourth-order valence-corrected chi connectivity index (χ4v) is 1.22. The number of aliphatic hydroxyl groups is 2. The van der Waals surface area contributed by atoms with Crippen molar-refractivity contribution in [3.05, 3.63) is 0 Å². The molecule has 0 heterocycles. The number of rotatable bonds is 5. The molecule has 0 rings (SSSR count). The van der Waals surface area contributed by atoms with Gasteiger partial charge in [-0.05, 0) is 6.42 Å². The van der Waals surface area contributed by atoms with E-state index in [0.717, 1.165) is 0 Å². The number of carbonyl (C=O) groups excluding carboxylic acids is 1. The van der Waals surface area contributed by atoms with Crippen LogP contribution in [0, 0.1) is 11.3 Å². The summed E-state index contributed by atoms with van der Waals surface area (Å²) in [5.74, 6) is -0.195. The number of Topliss-reactive ketones (excluding diaryl/α,β-unsaturated/α-hetero) is 1. The fraction of sp³-hybridized carbons (Fsp3) is 0.889. The first-order valence-electron chi connectivity index (χ1n) is 4.30. The zero-order valence-corrected chi connectivity index (χ0v) is 8.00. The molecule has 0 atom stereocenters. The highest BCUT2D eigenvalue weighted by atomic mass is 16.3. The van der Waals surface area contributed by atoms with Gasteiger partial charge in [0.1, 0.15) is 5.78 Å². The van der Waals surface area contributed by atoms with Gasteiger partial charge in [-0.1, -0.05) is 20.8 Å². The largest absolute Gasteiger partial charge is 0.395 e. The summed E-state index contributed by atoms with van der Waals surface area (Å²) in [6.45, 7) is 4.82. The summed E-state index contributed by atoms with van der Waals surface area (Å²) in [4.78, 5) is 11.5. The molecule has 0 aromatic rings. The molecule has 0 aromatic carbocycles. The van der Waals surface area contributed by atoms with E-state index in [2.05, 4.69) is 0 Å². The van der Waals surface area contributed by atoms with Gasteiger partial charge in [-0.3, -0.25) is 4.79 Å². The molecule has 0 unspecified atom stereocenters. The average Bonchev–Trinajstić information content (AvgIpc) is 2.08. The minimum Gasteiger partial charge on any atom is -0.395 e. The van der Waals surface area contributed by atoms with Crippen molar-refractivity contribution in [1.82, 2.24) is 0 Å². The number of hydrogen-bond acceptors (Lipinski definition) is 3. The van der Waals surface area contributed by atoms with Crippen LogP contribution < -0.4 is 0 Å². The van der Waals surface area contributed by atoms with Crippen molar-refractivity contribution in [2.45, 2.75) is 27.2 Å². The highest BCUT2D eigenvalue weighted by Crippen LogP contribution is 2.25. The molecular formula is C9H18O3. The SMILES string of the molecule is CCC(CO)(CO)C(=O)C(C)C. The molecule has 0 radical (unpaired) electrons. The molecule has 2 N–H and O–H groups in total. The lowest BCUT2D eigenvalue weighted by atomic mass is 9.78. The molecule has 0 aliphatic carbocycles. The predicted molar refractivity (Wildman–Crippen MR) is 46.7 cm³/mol. The molecule has 0 bridgehead atoms. The Balaban J connectivity index is 4.59. The van der Waals surface area contributed by atoms with Gasteiger partial charge >= 0.3 is 0 Å². The average molecular weight is 174 g/mol. The second kappa shape index (κ2) is 4.58. The van der Waals surface area contributed by atoms with Crippen molar-refractivity contribution in [1.29, 1.82) is 0 Å². The first-order chi connectivity index (χ1) is 5.54. The van der Waals surface area contributed by atoms with Crippen LogP contribution in [-0.2, 0) is 4.79 Å². The minimum atomic E-state index is -0.922. The quantitative estimate of drug-likeness (QED) is 0.641. The van der Waals surface area contributed by atoms with Gasteiger partial charge in [-0.25, -0.2) is 0 Å². The molecule has 0 saturated heterocycles. The molecule has 0 aliphatic rings. The molecule has 0 spiro atoms. The molecule has 0 amide bonds. The van der Waals surface area contributed by atoms with E-state index < -0.39 is 5.41 Å². The van der Waals surface area contributed by atoms with E-state index >= 15 is 0 Å². The maximum atomic E-state index is 11.5. The van der Waals surface area contributed by atoms with Crippen molar-refractivity contribution in [3.63, 3.8) is 0 Å². The summed E-state index contributed by atoms with van der Waals surface area (Å²) < 4.78 is 0. The summed E-state index contributed by atoms with van der Waals surface area (Å²) in [6, 6.07) is 0. The number of aliphatic hydroxyl groups excluding tert-OH is 2. The molecule has 0 aliphatic heterocycles. The Kier molecular flexibility index (Phi) is 4.42. The van der Waals surface area contributed by atoms with Gasteiger partial charge in [0.05, 0.1) is 18.6 Å². The monoisotopic (exact) mass is 174 g/mol. The Morgan fingerprint density at radius 2 is 1.75 bits per heavy atom. The standard InChI is InChI=1S/C9H18O3/c1-4-9(5-10,6-11)8(12)7(2)3/h7,10-11H,4-6H2,1-3H3. The van der Waals surface area contributed by atoms with Gasteiger partial charge in [0.2, 0.25) is 0 Å². The third kappa shape index (κ3) is 2.05. The summed E-state index contributed by atoms with van der Waals surface area (Å²) >= 11 is 0. The van der Waals surface area contributed by atoms with E-state index in [0.29, 0.717) is 6.42 Å². The Hall–Kier alpha value is -0.410. The minimum absolute atomic E-state index is 0.0602. The second-order valence-electron chi connectivity index (χ2n) is 3.47. The van der Waals surface area contributed by atoms with E-state index in [4.69, 9.17) is 10.2 Å². The lowest BCUT2D eigenvalue weighted by molar-refractivity contribution is -0.137. The van der Waals surface area contributed by atoms with Crippen LogP contribution in [0.4, 0.5) is 0 Å². The molecule has 12 heavy (non-hydrogen) atoms. The number of carbonyl (C=O) groups is 1. The van der Waals surface area contributed by atoms with Crippen LogP contribution in [0.3, 0.4) is 0 Å². The molecular weight excluding hydrogens is 156 g/mol. The summed E-state index contributed by atoms with van der Waals surface area (Å²) in [5, 5.41) is 18.0. The topological polar surface area (TPSA) is 57.5 Å². The smallest absolute Gasteiger partial charge is 0.146 e. The first kappa shape index (κ1) is 11.6. The highest BCUT2D eigenvalue weighted by molar-refractivity contribution is 5.86. The van der Waals surface area contributed by atoms with E-state index in [1.807, 2.05) is 0 Å². The van der Waals surface area contributed by atoms with Crippen LogP contribution >= 0.6 is 0 Å². The molecule has 0 fully saturated rings. The summed E-state index contributed by atoms with van der Waals surface area (Å²) in [5.41, 5.74) is -0.922. The lowest BCUT2D eigenvalue weighted by Crippen LogP contribution is -2.40. The van der Waals surface area contributed by atoms with Crippen molar-refractivity contribution in [2.24, 2.45) is 11.3 Å². The lowest BCUT2D eigenvalue weighted by Gasteiger charge is -2.28. The number of hydrogen-bond donors (Lipinski definition) is 2. The van der Waals surface area contributed by atoms with Gasteiger partial charge in [-0.15, -0.1) is 0 Å². The Morgan fingerprint density at radius 1 is 1.33 bits per heavy atom. The Labute approximate surface area is 73.4 Å². The van der Waals surface area contributed by atoms with Gasteiger partial charge < -0.3 is 10.2 Å². The molecule has 0 saturated carbocycles. The van der Waals surface area contributed by atoms with Gasteiger partial charge in [-0.2, -0.15) is 0 Å². The van der Waals surface area contributed by atoms with Crippen LogP contribution in [-0.4, -0.2) is 29.2 Å². The van der Waals surface area contributed by atoms with Gasteiger partial charge in [0.25, 0.3) is 0 Å². The van der Waals surface area contributed by atoms with Crippen LogP contribution in [0.2, 0.25) is 0 Å². The van der Waals surface area contributed by atoms with Crippen LogP contribution in [0.25, 0.3) is 0 Å². The Morgan fingerprint density at radius 3 is 1.83 bits per heavy atom. The number of ketones is 1. The molecule has 72 valence electrons. The Bertz CT molecular complexity index is 140. The van der Waals surface area contributed by atoms with Crippen LogP contribution in [0.1, 0.15) is 27.2 Å². The van der Waals surface area contributed by atoms with Gasteiger partial charge in [0.15, 0.2) is 0 Å². The first-order valence-corrected chi connectivity index (χ1v) is 4.30. The molecule has 0 aromatic heterocycles. The van der Waals surface area contributed by atoms with Crippen molar-refractivity contribution in [3.8, 4) is 0 Å². The summed E-state index contributed by atoms with van der Waals surface area (Å²) in [7, 11) is 0. The zero-order valence-electron chi connectivity index (χ0n) is 8.00. The van der Waals surface area contributed by atoms with Crippen molar-refractivity contribution < 1.29 is 15.0 Å². The van der Waals surface area contributed by atoms with E-state index in [1.165, 1.54) is 0 Å². The second-order valence-corrected chi connectivity index (χ2v) is 3.47. The van der Waals surface area contributed by atoms with Crippen molar-refractivity contribution in [2.75, 3.05) is 13.2 Å². The maximum absolute atomic E-state index is 11.5. The van der Waals surface area contributed by atoms with E-state index in [1.54, 1.807) is 20.8 Å². The fourth-order valence-electron chi connectivity index (χ4n) is 1.22. The van der Waals surface area contributed by atoms with Gasteiger partial charge in [0, 0.05) is 5.92 Å². The normalized spacial score (nSPS) is 12.2. The van der Waals surface area contributed by atoms with Crippen molar-refractivity contribution >= 4 is 5.78 Å². The third-order valence-corrected chi connectivity index (χ3v) is 2.33. The zero-order chi connectivity index (χ0) is 9.78.